The van der Waals surface area contributed by atoms with Gasteiger partial charge < -0.3 is 112 Å². The van der Waals surface area contributed by atoms with E-state index in [0.717, 1.165) is 6.07 Å². The topological polar surface area (TPSA) is 401 Å². The summed E-state index contributed by atoms with van der Waals surface area (Å²) in [6, 6.07) is 7.36. The van der Waals surface area contributed by atoms with Crippen molar-refractivity contribution in [2.75, 3.05) is 58.2 Å². The number of hydrogen-bond donors (Lipinski definition) is 14. The number of esters is 3. The third-order valence-electron chi connectivity index (χ3n) is 11.5. The van der Waals surface area contributed by atoms with Crippen molar-refractivity contribution in [2.45, 2.75) is 91.9 Å². The predicted octanol–water partition coefficient (Wildman–Crippen LogP) is -3.43. The monoisotopic (exact) mass is 948 g/mol. The summed E-state index contributed by atoms with van der Waals surface area (Å²) in [6.45, 7) is -2.10. The van der Waals surface area contributed by atoms with Crippen LogP contribution in [-0.2, 0) is 37.9 Å². The number of nitrogens with two attached hydrogens (primary N) is 3. The summed E-state index contributed by atoms with van der Waals surface area (Å²) >= 11 is 0. The Hall–Kier alpha value is -5.65. The summed E-state index contributed by atoms with van der Waals surface area (Å²) in [4.78, 5) is 39.3. The molecule has 25 nitrogen and oxygen atoms in total. The largest absolute Gasteiger partial charge is 0.507 e. The van der Waals surface area contributed by atoms with Crippen molar-refractivity contribution in [1.82, 2.24) is 16.0 Å². The van der Waals surface area contributed by atoms with Gasteiger partial charge in [-0.3, -0.25) is 0 Å². The molecule has 3 fully saturated rings. The molecule has 3 aliphatic heterocycles. The molecule has 3 aliphatic rings. The molecule has 368 valence electrons. The summed E-state index contributed by atoms with van der Waals surface area (Å²) in [5, 5.41) is 96.0. The van der Waals surface area contributed by atoms with Crippen LogP contribution in [0.15, 0.2) is 54.6 Å². The first-order chi connectivity index (χ1) is 31.9. The predicted molar refractivity (Wildman–Crippen MR) is 229 cm³/mol. The van der Waals surface area contributed by atoms with Gasteiger partial charge >= 0.3 is 17.9 Å². The summed E-state index contributed by atoms with van der Waals surface area (Å²) < 4.78 is 47.0. The Morgan fingerprint density at radius 1 is 0.507 bits per heavy atom. The first-order valence-electron chi connectivity index (χ1n) is 20.8. The Bertz CT molecular complexity index is 2210. The minimum absolute atomic E-state index is 0.113. The van der Waals surface area contributed by atoms with E-state index in [1.807, 2.05) is 0 Å². The average molecular weight is 949 g/mol. The van der Waals surface area contributed by atoms with E-state index >= 15 is 0 Å². The van der Waals surface area contributed by atoms with Crippen LogP contribution in [0.25, 0.3) is 0 Å². The summed E-state index contributed by atoms with van der Waals surface area (Å²) in [5.41, 5.74) is 16.9. The van der Waals surface area contributed by atoms with Crippen LogP contribution in [0.1, 0.15) is 31.1 Å². The highest BCUT2D eigenvalue weighted by atomic mass is 16.7. The van der Waals surface area contributed by atoms with E-state index in [-0.39, 0.29) is 33.8 Å². The van der Waals surface area contributed by atoms with Gasteiger partial charge in [-0.05, 0) is 75.7 Å². The Kier molecular flexibility index (Phi) is 16.6. The molecule has 0 spiro atoms. The summed E-state index contributed by atoms with van der Waals surface area (Å²) in [6.07, 6.45) is -19.1. The fourth-order valence-corrected chi connectivity index (χ4v) is 7.86. The number of aliphatic hydroxyl groups excluding tert-OH is 5. The molecule has 0 amide bonds. The first-order valence-corrected chi connectivity index (χ1v) is 20.8. The van der Waals surface area contributed by atoms with Crippen LogP contribution in [0, 0.1) is 0 Å². The molecule has 0 aromatic heterocycles. The first kappa shape index (κ1) is 50.8. The van der Waals surface area contributed by atoms with Crippen molar-refractivity contribution in [3.8, 4) is 17.2 Å². The zero-order valence-electron chi connectivity index (χ0n) is 36.3. The number of phenols is 3. The zero-order valence-corrected chi connectivity index (χ0v) is 36.3. The number of nitrogens with one attached hydrogen (secondary N) is 3. The van der Waals surface area contributed by atoms with E-state index < -0.39 is 147 Å². The van der Waals surface area contributed by atoms with E-state index in [9.17, 15) is 55.2 Å². The molecule has 67 heavy (non-hydrogen) atoms. The lowest BCUT2D eigenvalue weighted by Gasteiger charge is -2.50. The van der Waals surface area contributed by atoms with Crippen molar-refractivity contribution in [3.05, 3.63) is 71.3 Å². The van der Waals surface area contributed by atoms with Gasteiger partial charge in [-0.2, -0.15) is 0 Å². The van der Waals surface area contributed by atoms with Crippen LogP contribution in [0.3, 0.4) is 0 Å². The average Bonchev–Trinajstić information content (AvgIpc) is 3.29. The highest BCUT2D eigenvalue weighted by Gasteiger charge is 2.54. The number of ether oxygens (including phenoxy) is 8. The molecule has 0 radical (unpaired) electrons. The van der Waals surface area contributed by atoms with Gasteiger partial charge in [0, 0.05) is 17.1 Å². The van der Waals surface area contributed by atoms with Crippen molar-refractivity contribution in [3.63, 3.8) is 0 Å². The molecule has 0 saturated carbocycles. The number of likely N-dealkylation sites (N-methyl/N-ethyl adjacent to an activating group) is 3. The number of aromatic hydroxyl groups is 3. The van der Waals surface area contributed by atoms with Gasteiger partial charge in [-0.15, -0.1) is 0 Å². The molecule has 3 heterocycles. The molecule has 3 aromatic carbocycles. The maximum Gasteiger partial charge on any atom is 0.342 e. The van der Waals surface area contributed by atoms with Crippen molar-refractivity contribution in [2.24, 2.45) is 0 Å². The number of nitrogen functional groups attached to an aromatic ring is 3. The molecule has 25 heteroatoms. The maximum atomic E-state index is 13.4. The van der Waals surface area contributed by atoms with E-state index in [2.05, 4.69) is 16.0 Å². The smallest absolute Gasteiger partial charge is 0.342 e. The molecule has 3 saturated heterocycles. The molecule has 0 bridgehead atoms. The Labute approximate surface area is 382 Å². The Morgan fingerprint density at radius 2 is 0.851 bits per heavy atom. The molecule has 3 aromatic rings. The Morgan fingerprint density at radius 3 is 1.25 bits per heavy atom. The number of phenolic OH excluding ortho intramolecular Hbond substituents is 3. The van der Waals surface area contributed by atoms with Gasteiger partial charge in [0.2, 0.25) is 0 Å². The molecule has 15 atom stereocenters. The normalized spacial score (nSPS) is 32.0. The molecule has 17 N–H and O–H groups in total. The molecule has 6 rings (SSSR count). The van der Waals surface area contributed by atoms with Crippen LogP contribution in [0.2, 0.25) is 0 Å². The van der Waals surface area contributed by atoms with Crippen molar-refractivity contribution >= 4 is 35.0 Å². The van der Waals surface area contributed by atoms with E-state index in [1.54, 1.807) is 0 Å². The van der Waals surface area contributed by atoms with E-state index in [1.165, 1.54) is 69.7 Å². The van der Waals surface area contributed by atoms with Gasteiger partial charge in [0.15, 0.2) is 18.9 Å². The van der Waals surface area contributed by atoms with E-state index in [4.69, 9.17) is 55.1 Å². The number of aliphatic hydroxyl groups is 5. The van der Waals surface area contributed by atoms with Gasteiger partial charge in [-0.1, -0.05) is 0 Å². The fourth-order valence-electron chi connectivity index (χ4n) is 7.86. The van der Waals surface area contributed by atoms with Gasteiger partial charge in [0.25, 0.3) is 0 Å². The second-order valence-corrected chi connectivity index (χ2v) is 15.9. The van der Waals surface area contributed by atoms with Crippen molar-refractivity contribution in [1.29, 1.82) is 0 Å². The highest BCUT2D eigenvalue weighted by molar-refractivity contribution is 5.94. The van der Waals surface area contributed by atoms with Crippen molar-refractivity contribution < 1.29 is 93.1 Å². The molecule has 0 aliphatic carbocycles. The lowest BCUT2D eigenvalue weighted by molar-refractivity contribution is -0.351. The minimum Gasteiger partial charge on any atom is -0.507 e. The van der Waals surface area contributed by atoms with Crippen LogP contribution >= 0.6 is 0 Å². The highest BCUT2D eigenvalue weighted by Crippen LogP contribution is 2.34. The summed E-state index contributed by atoms with van der Waals surface area (Å²) in [7, 11) is 4.24. The van der Waals surface area contributed by atoms with Crippen LogP contribution in [0.5, 0.6) is 17.2 Å². The number of rotatable bonds is 16. The zero-order chi connectivity index (χ0) is 48.9. The van der Waals surface area contributed by atoms with Gasteiger partial charge in [0.1, 0.15) is 109 Å². The molecule has 6 unspecified atom stereocenters. The minimum atomic E-state index is -1.73. The number of carbonyl (C=O) groups excluding carboxylic acids is 3. The molecular weight excluding hydrogens is 892 g/mol. The molecular formula is C42H56N6O19. The number of anilines is 3. The quantitative estimate of drug-likeness (QED) is 0.0287. The maximum absolute atomic E-state index is 13.4. The number of benzene rings is 3. The fraction of sp³-hybridized carbons (Fsp3) is 0.500. The third kappa shape index (κ3) is 11.4. The van der Waals surface area contributed by atoms with Gasteiger partial charge in [-0.25, -0.2) is 14.4 Å². The van der Waals surface area contributed by atoms with Crippen LogP contribution in [-0.4, -0.2) is 192 Å². The van der Waals surface area contributed by atoms with Crippen LogP contribution < -0.4 is 33.2 Å². The number of hydrogen-bond acceptors (Lipinski definition) is 25. The number of carbonyl (C=O) groups is 3. The Balaban J connectivity index is 1.27. The van der Waals surface area contributed by atoms with E-state index in [0.29, 0.717) is 0 Å². The van der Waals surface area contributed by atoms with Gasteiger partial charge in [0.05, 0.1) is 18.1 Å². The second-order valence-electron chi connectivity index (χ2n) is 15.9. The van der Waals surface area contributed by atoms with Crippen LogP contribution in [0.4, 0.5) is 17.1 Å². The second kappa shape index (κ2) is 22.0. The lowest BCUT2D eigenvalue weighted by Crippen LogP contribution is -2.70. The standard InChI is InChI=1S/C42H56N6O19/c1-46-28-33(54)35(26(63-40(28)59)14-61-38(57)20-11-17(44)5-8-23(20)50)66-42-30(48-3)34(55)36(27(65-42)15-62-39(58)21-12-18(45)6-9-24(21)51)67-41-29(47-2)32(53)31(52)25(64-41)13-60-37(56)19-10-16(43)4-7-22(19)49/h4-12,25-36,40-42,46-55,59H,13-15,43-45H2,1-3H3/t25?,26?,27?,28?,29?,30?,31-,32+,33+,34+,35-,36-,40+,41-,42-/m0/s1. The summed E-state index contributed by atoms with van der Waals surface area (Å²) in [5.74, 6) is -4.52. The SMILES string of the molecule is CNC1[C@H](O[C@H]2C(COC(=O)c3cc(N)ccc3O)O[C@@H](O[C@H]3C(COC(=O)c4cc(N)ccc4O)O[C@@H](O)C(NC)[C@H]3O)C(NC)[C@H]2O)OC(COC(=O)c2cc(N)ccc2O)[C@H](O)[C@@H]1O. The third-order valence-corrected chi connectivity index (χ3v) is 11.5. The lowest BCUT2D eigenvalue weighted by atomic mass is 9.94.